The SMILES string of the molecule is CCCC(C)(C)c1ccc(-c2nc(-c3ccccc3)nc(-c3ccc(C(C)(C)CCC)cc3)n2)cc1. The van der Waals surface area contributed by atoms with Crippen LogP contribution in [0.5, 0.6) is 0 Å². The lowest BCUT2D eigenvalue weighted by molar-refractivity contribution is 0.473. The summed E-state index contributed by atoms with van der Waals surface area (Å²) in [5.41, 5.74) is 6.00. The van der Waals surface area contributed by atoms with Crippen molar-refractivity contribution in [1.82, 2.24) is 15.0 Å². The third-order valence-corrected chi connectivity index (χ3v) is 7.27. The molecule has 0 N–H and O–H groups in total. The first-order chi connectivity index (χ1) is 17.2. The Hall–Kier alpha value is -3.33. The average Bonchev–Trinajstić information content (AvgIpc) is 2.89. The molecule has 36 heavy (non-hydrogen) atoms. The van der Waals surface area contributed by atoms with E-state index in [0.29, 0.717) is 17.5 Å². The van der Waals surface area contributed by atoms with E-state index in [2.05, 4.69) is 102 Å². The molecule has 0 aliphatic carbocycles. The van der Waals surface area contributed by atoms with Gasteiger partial charge in [-0.05, 0) is 34.8 Å². The highest BCUT2D eigenvalue weighted by atomic mass is 15.0. The summed E-state index contributed by atoms with van der Waals surface area (Å²) in [5, 5.41) is 0. The Balaban J connectivity index is 1.76. The lowest BCUT2D eigenvalue weighted by Gasteiger charge is -2.25. The van der Waals surface area contributed by atoms with E-state index in [0.717, 1.165) is 29.5 Å². The number of benzene rings is 3. The van der Waals surface area contributed by atoms with Crippen LogP contribution in [0.1, 0.15) is 78.4 Å². The molecule has 4 rings (SSSR count). The van der Waals surface area contributed by atoms with Crippen LogP contribution < -0.4 is 0 Å². The van der Waals surface area contributed by atoms with Gasteiger partial charge in [0.2, 0.25) is 0 Å². The van der Waals surface area contributed by atoms with Crippen LogP contribution in [0.25, 0.3) is 34.2 Å². The maximum atomic E-state index is 4.93. The average molecular weight is 478 g/mol. The van der Waals surface area contributed by atoms with Gasteiger partial charge in [-0.2, -0.15) is 0 Å². The van der Waals surface area contributed by atoms with E-state index in [1.165, 1.54) is 24.0 Å². The third kappa shape index (κ3) is 5.73. The van der Waals surface area contributed by atoms with Crippen LogP contribution in [0.2, 0.25) is 0 Å². The highest BCUT2D eigenvalue weighted by molar-refractivity contribution is 5.66. The smallest absolute Gasteiger partial charge is 0.164 e. The second-order valence-electron chi connectivity index (χ2n) is 11.1. The van der Waals surface area contributed by atoms with Gasteiger partial charge in [-0.1, -0.05) is 133 Å². The van der Waals surface area contributed by atoms with Crippen molar-refractivity contribution in [3.05, 3.63) is 90.0 Å². The molecular weight excluding hydrogens is 438 g/mol. The summed E-state index contributed by atoms with van der Waals surface area (Å²) in [7, 11) is 0. The molecule has 0 radical (unpaired) electrons. The normalized spacial score (nSPS) is 12.1. The fourth-order valence-corrected chi connectivity index (χ4v) is 5.03. The molecule has 3 heteroatoms. The molecular formula is C33H39N3. The summed E-state index contributed by atoms with van der Waals surface area (Å²) in [5.74, 6) is 2.10. The van der Waals surface area contributed by atoms with Crippen molar-refractivity contribution in [2.24, 2.45) is 0 Å². The minimum absolute atomic E-state index is 0.153. The molecule has 0 spiro atoms. The van der Waals surface area contributed by atoms with E-state index < -0.39 is 0 Å². The van der Waals surface area contributed by atoms with Gasteiger partial charge in [-0.25, -0.2) is 15.0 Å². The highest BCUT2D eigenvalue weighted by Crippen LogP contribution is 2.32. The number of rotatable bonds is 9. The Labute approximate surface area is 217 Å². The standard InChI is InChI=1S/C33H39N3/c1-7-22-32(3,4)27-18-14-25(15-19-27)30-34-29(24-12-10-9-11-13-24)35-31(36-30)26-16-20-28(21-17-26)33(5,6)23-8-2/h9-21H,7-8,22-23H2,1-6H3. The monoisotopic (exact) mass is 477 g/mol. The summed E-state index contributed by atoms with van der Waals surface area (Å²) in [6.45, 7) is 13.7. The van der Waals surface area contributed by atoms with Crippen LogP contribution in [0, 0.1) is 0 Å². The zero-order valence-corrected chi connectivity index (χ0v) is 22.7. The van der Waals surface area contributed by atoms with Gasteiger partial charge in [-0.15, -0.1) is 0 Å². The molecule has 3 aromatic carbocycles. The molecule has 0 amide bonds. The maximum Gasteiger partial charge on any atom is 0.164 e. The fraction of sp³-hybridized carbons (Fsp3) is 0.364. The van der Waals surface area contributed by atoms with Gasteiger partial charge in [0, 0.05) is 16.7 Å². The van der Waals surface area contributed by atoms with Crippen molar-refractivity contribution in [3.63, 3.8) is 0 Å². The van der Waals surface area contributed by atoms with Crippen LogP contribution in [-0.2, 0) is 10.8 Å². The second kappa shape index (κ2) is 10.7. The number of hydrogen-bond acceptors (Lipinski definition) is 3. The van der Waals surface area contributed by atoms with Crippen LogP contribution in [-0.4, -0.2) is 15.0 Å². The summed E-state index contributed by atoms with van der Waals surface area (Å²) < 4.78 is 0. The van der Waals surface area contributed by atoms with Crippen LogP contribution >= 0.6 is 0 Å². The lowest BCUT2D eigenvalue weighted by Crippen LogP contribution is -2.16. The van der Waals surface area contributed by atoms with E-state index >= 15 is 0 Å². The Morgan fingerprint density at radius 1 is 0.472 bits per heavy atom. The Morgan fingerprint density at radius 3 is 1.14 bits per heavy atom. The molecule has 0 saturated heterocycles. The molecule has 0 aliphatic rings. The van der Waals surface area contributed by atoms with Crippen molar-refractivity contribution in [3.8, 4) is 34.2 Å². The van der Waals surface area contributed by atoms with Crippen molar-refractivity contribution >= 4 is 0 Å². The van der Waals surface area contributed by atoms with Gasteiger partial charge in [0.1, 0.15) is 0 Å². The predicted octanol–water partition coefficient (Wildman–Crippen LogP) is 9.03. The van der Waals surface area contributed by atoms with Crippen LogP contribution in [0.3, 0.4) is 0 Å². The minimum Gasteiger partial charge on any atom is -0.208 e. The van der Waals surface area contributed by atoms with Crippen LogP contribution in [0.15, 0.2) is 78.9 Å². The third-order valence-electron chi connectivity index (χ3n) is 7.27. The Morgan fingerprint density at radius 2 is 0.806 bits per heavy atom. The molecule has 0 saturated carbocycles. The maximum absolute atomic E-state index is 4.93. The van der Waals surface area contributed by atoms with Gasteiger partial charge >= 0.3 is 0 Å². The molecule has 3 nitrogen and oxygen atoms in total. The zero-order chi connectivity index (χ0) is 25.8. The van der Waals surface area contributed by atoms with E-state index in [9.17, 15) is 0 Å². The topological polar surface area (TPSA) is 38.7 Å². The molecule has 0 unspecified atom stereocenters. The fourth-order valence-electron chi connectivity index (χ4n) is 5.03. The molecule has 186 valence electrons. The van der Waals surface area contributed by atoms with Gasteiger partial charge < -0.3 is 0 Å². The summed E-state index contributed by atoms with van der Waals surface area (Å²) in [6.07, 6.45) is 4.65. The lowest BCUT2D eigenvalue weighted by atomic mass is 9.80. The van der Waals surface area contributed by atoms with Gasteiger partial charge in [-0.3, -0.25) is 0 Å². The summed E-state index contributed by atoms with van der Waals surface area (Å²) >= 11 is 0. The highest BCUT2D eigenvalue weighted by Gasteiger charge is 2.21. The molecule has 0 aliphatic heterocycles. The van der Waals surface area contributed by atoms with E-state index in [-0.39, 0.29) is 10.8 Å². The Kier molecular flexibility index (Phi) is 7.68. The van der Waals surface area contributed by atoms with Gasteiger partial charge in [0.15, 0.2) is 17.5 Å². The Bertz CT molecular complexity index is 1190. The van der Waals surface area contributed by atoms with Crippen molar-refractivity contribution < 1.29 is 0 Å². The van der Waals surface area contributed by atoms with Crippen molar-refractivity contribution in [2.45, 2.75) is 78.1 Å². The molecule has 0 fully saturated rings. The first kappa shape index (κ1) is 25.8. The van der Waals surface area contributed by atoms with E-state index in [1.54, 1.807) is 0 Å². The molecule has 4 aromatic rings. The van der Waals surface area contributed by atoms with Crippen molar-refractivity contribution in [2.75, 3.05) is 0 Å². The van der Waals surface area contributed by atoms with Gasteiger partial charge in [0.05, 0.1) is 0 Å². The van der Waals surface area contributed by atoms with E-state index in [4.69, 9.17) is 15.0 Å². The van der Waals surface area contributed by atoms with E-state index in [1.807, 2.05) is 18.2 Å². The molecule has 0 bridgehead atoms. The first-order valence-electron chi connectivity index (χ1n) is 13.3. The predicted molar refractivity (Wildman–Crippen MR) is 152 cm³/mol. The zero-order valence-electron chi connectivity index (χ0n) is 22.7. The second-order valence-corrected chi connectivity index (χ2v) is 11.1. The quantitative estimate of drug-likeness (QED) is 0.241. The number of aromatic nitrogens is 3. The summed E-state index contributed by atoms with van der Waals surface area (Å²) in [6, 6.07) is 27.7. The minimum atomic E-state index is 0.153. The van der Waals surface area contributed by atoms with Crippen LogP contribution in [0.4, 0.5) is 0 Å². The number of nitrogens with zero attached hydrogens (tertiary/aromatic N) is 3. The summed E-state index contributed by atoms with van der Waals surface area (Å²) in [4.78, 5) is 14.7. The number of hydrogen-bond donors (Lipinski definition) is 0. The first-order valence-corrected chi connectivity index (χ1v) is 13.3. The molecule has 1 heterocycles. The molecule has 1 aromatic heterocycles. The largest absolute Gasteiger partial charge is 0.208 e. The van der Waals surface area contributed by atoms with Gasteiger partial charge in [0.25, 0.3) is 0 Å². The van der Waals surface area contributed by atoms with Crippen molar-refractivity contribution in [1.29, 1.82) is 0 Å². The molecule has 0 atom stereocenters.